The number of aliphatic hydroxyl groups is 1. The number of alkyl halides is 3. The van der Waals surface area contributed by atoms with Crippen LogP contribution in [0.1, 0.15) is 59.7 Å². The number of aliphatic hydroxyl groups excluding tert-OH is 1. The zero-order valence-corrected chi connectivity index (χ0v) is 16.9. The second-order valence-corrected chi connectivity index (χ2v) is 7.75. The molecular weight excluding hydrogens is 409 g/mol. The van der Waals surface area contributed by atoms with Crippen molar-refractivity contribution in [3.8, 4) is 0 Å². The quantitative estimate of drug-likeness (QED) is 0.617. The van der Waals surface area contributed by atoms with Crippen molar-refractivity contribution in [1.29, 1.82) is 0 Å². The molecule has 0 bridgehead atoms. The number of nitrogens with one attached hydrogen (secondary N) is 2. The molecule has 3 N–H and O–H groups in total. The molecule has 2 amide bonds. The van der Waals surface area contributed by atoms with Crippen molar-refractivity contribution in [2.24, 2.45) is 5.92 Å². The van der Waals surface area contributed by atoms with Crippen molar-refractivity contribution >= 4 is 17.5 Å². The molecule has 3 rings (SSSR count). The lowest BCUT2D eigenvalue weighted by Gasteiger charge is -2.20. The molecule has 5 nitrogen and oxygen atoms in total. The van der Waals surface area contributed by atoms with Crippen molar-refractivity contribution < 1.29 is 27.9 Å². The molecule has 1 aliphatic rings. The van der Waals surface area contributed by atoms with Crippen LogP contribution in [-0.2, 0) is 11.0 Å². The van der Waals surface area contributed by atoms with Gasteiger partial charge in [-0.3, -0.25) is 9.59 Å². The van der Waals surface area contributed by atoms with Gasteiger partial charge in [0.15, 0.2) is 0 Å². The molecule has 2 aromatic rings. The van der Waals surface area contributed by atoms with Crippen molar-refractivity contribution in [2.75, 3.05) is 11.9 Å². The van der Waals surface area contributed by atoms with Crippen LogP contribution in [0.4, 0.5) is 18.9 Å². The number of anilines is 1. The van der Waals surface area contributed by atoms with Gasteiger partial charge in [0.25, 0.3) is 5.91 Å². The van der Waals surface area contributed by atoms with Crippen LogP contribution in [0.25, 0.3) is 0 Å². The highest BCUT2D eigenvalue weighted by atomic mass is 19.4. The average molecular weight is 434 g/mol. The Morgan fingerprint density at radius 2 is 1.74 bits per heavy atom. The average Bonchev–Trinajstić information content (AvgIpc) is 2.77. The maximum atomic E-state index is 12.8. The predicted octanol–water partition coefficient (Wildman–Crippen LogP) is 4.69. The van der Waals surface area contributed by atoms with E-state index in [0.717, 1.165) is 44.2 Å². The Kier molecular flexibility index (Phi) is 7.33. The van der Waals surface area contributed by atoms with E-state index in [9.17, 15) is 27.9 Å². The summed E-state index contributed by atoms with van der Waals surface area (Å²) in [7, 11) is 0. The van der Waals surface area contributed by atoms with Crippen LogP contribution in [0.15, 0.2) is 48.5 Å². The Balaban J connectivity index is 1.58. The van der Waals surface area contributed by atoms with Crippen molar-refractivity contribution in [2.45, 2.75) is 44.4 Å². The van der Waals surface area contributed by atoms with E-state index < -0.39 is 23.8 Å². The lowest BCUT2D eigenvalue weighted by Crippen LogP contribution is -2.29. The minimum Gasteiger partial charge on any atom is -0.387 e. The van der Waals surface area contributed by atoms with Crippen LogP contribution in [-0.4, -0.2) is 23.5 Å². The third-order valence-electron chi connectivity index (χ3n) is 5.42. The summed E-state index contributed by atoms with van der Waals surface area (Å²) in [6.45, 7) is -0.251. The summed E-state index contributed by atoms with van der Waals surface area (Å²) < 4.78 is 38.5. The maximum Gasteiger partial charge on any atom is 0.416 e. The number of carbonyl (C=O) groups excluding carboxylic acids is 2. The predicted molar refractivity (Wildman–Crippen MR) is 110 cm³/mol. The van der Waals surface area contributed by atoms with E-state index in [4.69, 9.17) is 0 Å². The van der Waals surface area contributed by atoms with E-state index in [1.165, 1.54) is 18.2 Å². The van der Waals surface area contributed by atoms with Gasteiger partial charge < -0.3 is 15.7 Å². The van der Waals surface area contributed by atoms with Crippen molar-refractivity contribution in [3.63, 3.8) is 0 Å². The lowest BCUT2D eigenvalue weighted by molar-refractivity contribution is -0.137. The van der Waals surface area contributed by atoms with Gasteiger partial charge in [-0.1, -0.05) is 37.5 Å². The minimum atomic E-state index is -4.51. The first-order valence-electron chi connectivity index (χ1n) is 10.3. The summed E-state index contributed by atoms with van der Waals surface area (Å²) in [5.74, 6) is -0.578. The molecule has 1 aliphatic carbocycles. The van der Waals surface area contributed by atoms with Crippen molar-refractivity contribution in [3.05, 3.63) is 65.2 Å². The lowest BCUT2D eigenvalue weighted by atomic mass is 9.88. The van der Waals surface area contributed by atoms with E-state index >= 15 is 0 Å². The fourth-order valence-corrected chi connectivity index (χ4v) is 3.68. The number of benzene rings is 2. The summed E-state index contributed by atoms with van der Waals surface area (Å²) in [4.78, 5) is 24.8. The van der Waals surface area contributed by atoms with Gasteiger partial charge in [-0.15, -0.1) is 0 Å². The minimum absolute atomic E-state index is 0.0196. The third kappa shape index (κ3) is 6.30. The number of hydrogen-bond acceptors (Lipinski definition) is 3. The largest absolute Gasteiger partial charge is 0.416 e. The molecule has 0 radical (unpaired) electrons. The molecule has 0 aliphatic heterocycles. The smallest absolute Gasteiger partial charge is 0.387 e. The normalized spacial score (nSPS) is 15.9. The number of rotatable bonds is 6. The van der Waals surface area contributed by atoms with Crippen LogP contribution in [0.3, 0.4) is 0 Å². The van der Waals surface area contributed by atoms with Crippen LogP contribution < -0.4 is 10.6 Å². The highest BCUT2D eigenvalue weighted by molar-refractivity contribution is 5.97. The molecule has 1 unspecified atom stereocenters. The highest BCUT2D eigenvalue weighted by Gasteiger charge is 2.31. The first-order chi connectivity index (χ1) is 14.7. The molecule has 166 valence electrons. The van der Waals surface area contributed by atoms with Crippen LogP contribution >= 0.6 is 0 Å². The molecule has 1 fully saturated rings. The zero-order valence-electron chi connectivity index (χ0n) is 16.9. The van der Waals surface area contributed by atoms with E-state index in [-0.39, 0.29) is 29.5 Å². The summed E-state index contributed by atoms with van der Waals surface area (Å²) in [6, 6.07) is 10.8. The zero-order chi connectivity index (χ0) is 22.4. The van der Waals surface area contributed by atoms with Crippen LogP contribution in [0, 0.1) is 5.92 Å². The van der Waals surface area contributed by atoms with E-state index in [2.05, 4.69) is 10.6 Å². The van der Waals surface area contributed by atoms with Gasteiger partial charge in [0, 0.05) is 23.7 Å². The summed E-state index contributed by atoms with van der Waals surface area (Å²) in [5.41, 5.74) is -0.0280. The Hall–Kier alpha value is -2.87. The number of halogens is 3. The Morgan fingerprint density at radius 3 is 2.45 bits per heavy atom. The summed E-state index contributed by atoms with van der Waals surface area (Å²) >= 11 is 0. The molecule has 8 heteroatoms. The molecular formula is C23H25F3N2O3. The van der Waals surface area contributed by atoms with Gasteiger partial charge in [0.2, 0.25) is 5.91 Å². The fourth-order valence-electron chi connectivity index (χ4n) is 3.68. The molecule has 0 spiro atoms. The second kappa shape index (κ2) is 9.96. The monoisotopic (exact) mass is 434 g/mol. The van der Waals surface area contributed by atoms with Gasteiger partial charge in [0.1, 0.15) is 0 Å². The Bertz CT molecular complexity index is 924. The number of hydrogen-bond donors (Lipinski definition) is 3. The van der Waals surface area contributed by atoms with Gasteiger partial charge >= 0.3 is 6.18 Å². The van der Waals surface area contributed by atoms with Gasteiger partial charge in [0.05, 0.1) is 11.7 Å². The first kappa shape index (κ1) is 22.8. The fraction of sp³-hybridized carbons (Fsp3) is 0.391. The Morgan fingerprint density at radius 1 is 1.03 bits per heavy atom. The molecule has 0 heterocycles. The molecule has 1 saturated carbocycles. The van der Waals surface area contributed by atoms with Crippen LogP contribution in [0.5, 0.6) is 0 Å². The number of amides is 2. The number of carbonyl (C=O) groups is 2. The van der Waals surface area contributed by atoms with E-state index in [1.807, 2.05) is 0 Å². The van der Waals surface area contributed by atoms with Gasteiger partial charge in [-0.2, -0.15) is 13.2 Å². The second-order valence-electron chi connectivity index (χ2n) is 7.75. The third-order valence-corrected chi connectivity index (χ3v) is 5.42. The van der Waals surface area contributed by atoms with E-state index in [1.54, 1.807) is 18.2 Å². The molecule has 2 aromatic carbocycles. The van der Waals surface area contributed by atoms with Crippen LogP contribution in [0.2, 0.25) is 0 Å². The highest BCUT2D eigenvalue weighted by Crippen LogP contribution is 2.30. The first-order valence-corrected chi connectivity index (χ1v) is 10.3. The summed E-state index contributed by atoms with van der Waals surface area (Å²) in [5, 5.41) is 15.5. The molecule has 31 heavy (non-hydrogen) atoms. The van der Waals surface area contributed by atoms with Gasteiger partial charge in [-0.05, 0) is 48.7 Å². The molecule has 0 saturated heterocycles. The maximum absolute atomic E-state index is 12.8. The van der Waals surface area contributed by atoms with Gasteiger partial charge in [-0.25, -0.2) is 0 Å². The van der Waals surface area contributed by atoms with E-state index in [0.29, 0.717) is 5.69 Å². The SMILES string of the molecule is O=C(NCC(O)c1cccc(C(F)(F)F)c1)c1cccc(NC(=O)C2CCCCC2)c1. The standard InChI is InChI=1S/C23H25F3N2O3/c24-23(25,26)18-10-4-8-16(12-18)20(29)14-27-21(30)17-9-5-11-19(13-17)28-22(31)15-6-2-1-3-7-15/h4-5,8-13,15,20,29H,1-3,6-7,14H2,(H,27,30)(H,28,31). The molecule has 1 atom stereocenters. The summed E-state index contributed by atoms with van der Waals surface area (Å²) in [6.07, 6.45) is -0.865. The topological polar surface area (TPSA) is 78.4 Å². The van der Waals surface area contributed by atoms with Crippen molar-refractivity contribution in [1.82, 2.24) is 5.32 Å². The Labute approximate surface area is 178 Å². The molecule has 0 aromatic heterocycles.